The predicted molar refractivity (Wildman–Crippen MR) is 72.8 cm³/mol. The molecule has 0 spiro atoms. The van der Waals surface area contributed by atoms with Crippen molar-refractivity contribution in [3.05, 3.63) is 33.3 Å². The molecular formula is C12H10BrClN2O3. The van der Waals surface area contributed by atoms with Gasteiger partial charge in [0.2, 0.25) is 11.8 Å². The summed E-state index contributed by atoms with van der Waals surface area (Å²) in [4.78, 5) is 36.3. The summed E-state index contributed by atoms with van der Waals surface area (Å²) in [5.41, 5.74) is 0.336. The first-order valence-corrected chi connectivity index (χ1v) is 6.67. The quantitative estimate of drug-likeness (QED) is 0.786. The minimum atomic E-state index is -0.687. The lowest BCUT2D eigenvalue weighted by atomic mass is 10.1. The summed E-state index contributed by atoms with van der Waals surface area (Å²) in [6.45, 7) is 1.43. The van der Waals surface area contributed by atoms with Crippen molar-refractivity contribution in [2.24, 2.45) is 0 Å². The number of rotatable bonds is 1. The fourth-order valence-corrected chi connectivity index (χ4v) is 2.18. The zero-order valence-corrected chi connectivity index (χ0v) is 12.3. The van der Waals surface area contributed by atoms with Gasteiger partial charge in [0.05, 0.1) is 5.02 Å². The van der Waals surface area contributed by atoms with Gasteiger partial charge in [0.15, 0.2) is 0 Å². The van der Waals surface area contributed by atoms with Gasteiger partial charge >= 0.3 is 0 Å². The van der Waals surface area contributed by atoms with Gasteiger partial charge in [-0.1, -0.05) is 11.6 Å². The van der Waals surface area contributed by atoms with Crippen molar-refractivity contribution in [3.8, 4) is 0 Å². The SMILES string of the molecule is CC1C(=O)NC(=O)CN1C(=O)c1ccc(Br)c(Cl)c1. The first kappa shape index (κ1) is 14.0. The highest BCUT2D eigenvalue weighted by Gasteiger charge is 2.34. The Hall–Kier alpha value is -1.40. The molecule has 7 heteroatoms. The van der Waals surface area contributed by atoms with E-state index in [1.54, 1.807) is 19.1 Å². The maximum atomic E-state index is 12.3. The number of amides is 3. The lowest BCUT2D eigenvalue weighted by Gasteiger charge is -2.31. The van der Waals surface area contributed by atoms with Gasteiger partial charge in [-0.25, -0.2) is 0 Å². The first-order valence-electron chi connectivity index (χ1n) is 5.50. The number of halogens is 2. The molecule has 19 heavy (non-hydrogen) atoms. The Morgan fingerprint density at radius 1 is 1.47 bits per heavy atom. The molecule has 1 N–H and O–H groups in total. The van der Waals surface area contributed by atoms with Gasteiger partial charge in [-0.15, -0.1) is 0 Å². The van der Waals surface area contributed by atoms with Crippen LogP contribution in [0, 0.1) is 0 Å². The molecule has 1 heterocycles. The second-order valence-corrected chi connectivity index (χ2v) is 5.41. The van der Waals surface area contributed by atoms with Crippen molar-refractivity contribution in [2.45, 2.75) is 13.0 Å². The number of carbonyl (C=O) groups is 3. The van der Waals surface area contributed by atoms with Crippen LogP contribution in [0.2, 0.25) is 5.02 Å². The smallest absolute Gasteiger partial charge is 0.255 e. The predicted octanol–water partition coefficient (Wildman–Crippen LogP) is 1.59. The number of piperazine rings is 1. The summed E-state index contributed by atoms with van der Waals surface area (Å²) in [5, 5.41) is 2.58. The zero-order valence-electron chi connectivity index (χ0n) is 9.94. The van der Waals surface area contributed by atoms with E-state index < -0.39 is 23.8 Å². The van der Waals surface area contributed by atoms with E-state index in [2.05, 4.69) is 21.2 Å². The molecule has 0 aliphatic carbocycles. The lowest BCUT2D eigenvalue weighted by molar-refractivity contribution is -0.138. The molecule has 1 atom stereocenters. The van der Waals surface area contributed by atoms with Crippen molar-refractivity contribution >= 4 is 45.3 Å². The molecule has 5 nitrogen and oxygen atoms in total. The van der Waals surface area contributed by atoms with Gasteiger partial charge in [0.1, 0.15) is 12.6 Å². The standard InChI is InChI=1S/C12H10BrClN2O3/c1-6-11(18)15-10(17)5-16(6)12(19)7-2-3-8(13)9(14)4-7/h2-4,6H,5H2,1H3,(H,15,17,18). The Kier molecular flexibility index (Phi) is 3.91. The minimum Gasteiger partial charge on any atom is -0.318 e. The average molecular weight is 346 g/mol. The largest absolute Gasteiger partial charge is 0.318 e. The average Bonchev–Trinajstić information content (AvgIpc) is 2.36. The number of nitrogens with one attached hydrogen (secondary N) is 1. The topological polar surface area (TPSA) is 66.5 Å². The van der Waals surface area contributed by atoms with E-state index in [0.717, 1.165) is 0 Å². The highest BCUT2D eigenvalue weighted by molar-refractivity contribution is 9.10. The Morgan fingerprint density at radius 2 is 2.16 bits per heavy atom. The van der Waals surface area contributed by atoms with Crippen LogP contribution in [-0.4, -0.2) is 35.2 Å². The molecule has 1 fully saturated rings. The highest BCUT2D eigenvalue weighted by atomic mass is 79.9. The fourth-order valence-electron chi connectivity index (χ4n) is 1.76. The summed E-state index contributed by atoms with van der Waals surface area (Å²) < 4.78 is 0.672. The Bertz CT molecular complexity index is 576. The summed E-state index contributed by atoms with van der Waals surface area (Å²) in [5.74, 6) is -1.36. The fraction of sp³-hybridized carbons (Fsp3) is 0.250. The van der Waals surface area contributed by atoms with E-state index in [4.69, 9.17) is 11.6 Å². The molecule has 2 rings (SSSR count). The van der Waals surface area contributed by atoms with Crippen LogP contribution in [-0.2, 0) is 9.59 Å². The minimum absolute atomic E-state index is 0.139. The van der Waals surface area contributed by atoms with E-state index in [9.17, 15) is 14.4 Å². The second kappa shape index (κ2) is 5.30. The monoisotopic (exact) mass is 344 g/mol. The molecule has 0 bridgehead atoms. The van der Waals surface area contributed by atoms with Gasteiger partial charge in [-0.05, 0) is 41.1 Å². The summed E-state index contributed by atoms with van der Waals surface area (Å²) in [6.07, 6.45) is 0. The van der Waals surface area contributed by atoms with Gasteiger partial charge in [-0.2, -0.15) is 0 Å². The van der Waals surface area contributed by atoms with E-state index in [0.29, 0.717) is 15.1 Å². The van der Waals surface area contributed by atoms with E-state index in [1.807, 2.05) is 0 Å². The third-order valence-electron chi connectivity index (χ3n) is 2.85. The molecule has 1 unspecified atom stereocenters. The van der Waals surface area contributed by atoms with Crippen LogP contribution in [0.15, 0.2) is 22.7 Å². The Morgan fingerprint density at radius 3 is 2.79 bits per heavy atom. The van der Waals surface area contributed by atoms with Crippen molar-refractivity contribution < 1.29 is 14.4 Å². The van der Waals surface area contributed by atoms with Gasteiger partial charge in [0, 0.05) is 10.0 Å². The number of hydrogen-bond acceptors (Lipinski definition) is 3. The molecule has 1 saturated heterocycles. The van der Waals surface area contributed by atoms with E-state index >= 15 is 0 Å². The molecule has 0 radical (unpaired) electrons. The van der Waals surface area contributed by atoms with Crippen molar-refractivity contribution in [2.75, 3.05) is 6.54 Å². The number of hydrogen-bond donors (Lipinski definition) is 1. The van der Waals surface area contributed by atoms with Crippen molar-refractivity contribution in [1.82, 2.24) is 10.2 Å². The molecule has 0 aromatic heterocycles. The van der Waals surface area contributed by atoms with E-state index in [1.165, 1.54) is 11.0 Å². The number of benzene rings is 1. The summed E-state index contributed by atoms with van der Waals surface area (Å²) in [6, 6.07) is 4.04. The molecule has 0 saturated carbocycles. The molecule has 1 aliphatic rings. The zero-order chi connectivity index (χ0) is 14.2. The Balaban J connectivity index is 2.29. The molecule has 3 amide bonds. The second-order valence-electron chi connectivity index (χ2n) is 4.15. The highest BCUT2D eigenvalue weighted by Crippen LogP contribution is 2.24. The summed E-state index contributed by atoms with van der Waals surface area (Å²) in [7, 11) is 0. The van der Waals surface area contributed by atoms with Crippen LogP contribution in [0.3, 0.4) is 0 Å². The van der Waals surface area contributed by atoms with Crippen LogP contribution in [0.25, 0.3) is 0 Å². The van der Waals surface area contributed by atoms with Crippen LogP contribution < -0.4 is 5.32 Å². The molecular weight excluding hydrogens is 336 g/mol. The molecule has 100 valence electrons. The van der Waals surface area contributed by atoms with Crippen LogP contribution in [0.5, 0.6) is 0 Å². The van der Waals surface area contributed by atoms with Crippen LogP contribution in [0.4, 0.5) is 0 Å². The maximum absolute atomic E-state index is 12.3. The third-order valence-corrected chi connectivity index (χ3v) is 4.08. The lowest BCUT2D eigenvalue weighted by Crippen LogP contribution is -2.58. The maximum Gasteiger partial charge on any atom is 0.255 e. The van der Waals surface area contributed by atoms with E-state index in [-0.39, 0.29) is 6.54 Å². The van der Waals surface area contributed by atoms with Gasteiger partial charge in [-0.3, -0.25) is 19.7 Å². The number of imide groups is 1. The van der Waals surface area contributed by atoms with Gasteiger partial charge < -0.3 is 4.90 Å². The molecule has 1 aliphatic heterocycles. The summed E-state index contributed by atoms with van der Waals surface area (Å²) >= 11 is 9.16. The van der Waals surface area contributed by atoms with Crippen LogP contribution in [0.1, 0.15) is 17.3 Å². The van der Waals surface area contributed by atoms with Crippen LogP contribution >= 0.6 is 27.5 Å². The third kappa shape index (κ3) is 2.79. The van der Waals surface area contributed by atoms with Gasteiger partial charge in [0.25, 0.3) is 5.91 Å². The normalized spacial score (nSPS) is 19.3. The molecule has 1 aromatic rings. The number of nitrogens with zero attached hydrogens (tertiary/aromatic N) is 1. The van der Waals surface area contributed by atoms with Crippen molar-refractivity contribution in [3.63, 3.8) is 0 Å². The number of carbonyl (C=O) groups excluding carboxylic acids is 3. The van der Waals surface area contributed by atoms with Crippen molar-refractivity contribution in [1.29, 1.82) is 0 Å². The molecule has 1 aromatic carbocycles. The Labute approximate surface area is 123 Å². The first-order chi connectivity index (χ1) is 8.90.